The van der Waals surface area contributed by atoms with E-state index in [9.17, 15) is 0 Å². The summed E-state index contributed by atoms with van der Waals surface area (Å²) in [7, 11) is 1.98. The molecule has 1 aromatic heterocycles. The topological polar surface area (TPSA) is 92.0 Å². The van der Waals surface area contributed by atoms with Gasteiger partial charge in [-0.3, -0.25) is 0 Å². The van der Waals surface area contributed by atoms with Gasteiger partial charge in [-0.1, -0.05) is 0 Å². The van der Waals surface area contributed by atoms with Crippen LogP contribution in [0, 0.1) is 0 Å². The predicted octanol–water partition coefficient (Wildman–Crippen LogP) is -0.174. The minimum absolute atomic E-state index is 0.288. The molecule has 0 bridgehead atoms. The van der Waals surface area contributed by atoms with E-state index in [4.69, 9.17) is 5.73 Å². The Labute approximate surface area is 106 Å². The van der Waals surface area contributed by atoms with E-state index in [1.165, 1.54) is 12.8 Å². The minimum atomic E-state index is 0.288. The molecule has 7 nitrogen and oxygen atoms in total. The normalized spacial score (nSPS) is 23.4. The van der Waals surface area contributed by atoms with Gasteiger partial charge >= 0.3 is 0 Å². The molecule has 98 valence electrons. The lowest BCUT2D eigenvalue weighted by molar-refractivity contribution is 0.616. The second kappa shape index (κ2) is 4.56. The van der Waals surface area contributed by atoms with Crippen LogP contribution < -0.4 is 21.3 Å². The highest BCUT2D eigenvalue weighted by Crippen LogP contribution is 2.24. The van der Waals surface area contributed by atoms with Gasteiger partial charge in [0, 0.05) is 25.2 Å². The van der Waals surface area contributed by atoms with Crippen LogP contribution in [0.1, 0.15) is 19.3 Å². The van der Waals surface area contributed by atoms with Gasteiger partial charge < -0.3 is 21.3 Å². The zero-order chi connectivity index (χ0) is 12.5. The number of aromatic nitrogens is 3. The fraction of sp³-hybridized carbons (Fsp3) is 0.727. The van der Waals surface area contributed by atoms with E-state index in [0.717, 1.165) is 19.5 Å². The lowest BCUT2D eigenvalue weighted by Gasteiger charge is -2.17. The van der Waals surface area contributed by atoms with Crippen LogP contribution >= 0.6 is 0 Å². The summed E-state index contributed by atoms with van der Waals surface area (Å²) in [5.41, 5.74) is 5.75. The Hall–Kier alpha value is -1.63. The second-order valence-corrected chi connectivity index (χ2v) is 4.96. The molecule has 2 fully saturated rings. The molecule has 0 amide bonds. The van der Waals surface area contributed by atoms with Gasteiger partial charge in [0.1, 0.15) is 0 Å². The summed E-state index contributed by atoms with van der Waals surface area (Å²) in [5.74, 6) is 1.58. The molecule has 2 aliphatic rings. The average molecular weight is 249 g/mol. The van der Waals surface area contributed by atoms with Crippen molar-refractivity contribution >= 4 is 17.8 Å². The van der Waals surface area contributed by atoms with Crippen molar-refractivity contribution in [3.63, 3.8) is 0 Å². The summed E-state index contributed by atoms with van der Waals surface area (Å²) in [6.45, 7) is 1.88. The first-order chi connectivity index (χ1) is 8.74. The number of nitrogens with two attached hydrogens (primary N) is 1. The first kappa shape index (κ1) is 11.5. The van der Waals surface area contributed by atoms with Gasteiger partial charge in [-0.2, -0.15) is 15.0 Å². The maximum absolute atomic E-state index is 5.75. The number of nitrogens with zero attached hydrogens (tertiary/aromatic N) is 4. The van der Waals surface area contributed by atoms with E-state index in [1.807, 2.05) is 7.05 Å². The van der Waals surface area contributed by atoms with E-state index < -0.39 is 0 Å². The fourth-order valence-corrected chi connectivity index (χ4v) is 2.17. The Morgan fingerprint density at radius 2 is 2.00 bits per heavy atom. The number of nitrogen functional groups attached to an aromatic ring is 1. The fourth-order valence-electron chi connectivity index (χ4n) is 2.17. The predicted molar refractivity (Wildman–Crippen MR) is 70.6 cm³/mol. The van der Waals surface area contributed by atoms with Crippen LogP contribution in [-0.4, -0.2) is 47.2 Å². The molecule has 1 saturated carbocycles. The zero-order valence-electron chi connectivity index (χ0n) is 10.6. The Morgan fingerprint density at radius 3 is 2.67 bits per heavy atom. The van der Waals surface area contributed by atoms with E-state index in [2.05, 4.69) is 30.5 Å². The summed E-state index contributed by atoms with van der Waals surface area (Å²) < 4.78 is 0. The maximum Gasteiger partial charge on any atom is 0.232 e. The van der Waals surface area contributed by atoms with E-state index in [-0.39, 0.29) is 5.95 Å². The molecule has 1 aliphatic carbocycles. The summed E-state index contributed by atoms with van der Waals surface area (Å²) in [4.78, 5) is 15.0. The lowest BCUT2D eigenvalue weighted by atomic mass is 10.3. The van der Waals surface area contributed by atoms with Crippen LogP contribution in [0.5, 0.6) is 0 Å². The third-order valence-corrected chi connectivity index (χ3v) is 3.43. The number of hydrogen-bond acceptors (Lipinski definition) is 7. The van der Waals surface area contributed by atoms with Gasteiger partial charge in [0.15, 0.2) is 0 Å². The highest BCUT2D eigenvalue weighted by Gasteiger charge is 2.25. The van der Waals surface area contributed by atoms with Crippen molar-refractivity contribution in [1.29, 1.82) is 0 Å². The van der Waals surface area contributed by atoms with Crippen molar-refractivity contribution in [2.75, 3.05) is 36.1 Å². The highest BCUT2D eigenvalue weighted by molar-refractivity contribution is 5.43. The second-order valence-electron chi connectivity index (χ2n) is 4.96. The molecule has 7 heteroatoms. The van der Waals surface area contributed by atoms with Gasteiger partial charge in [0.25, 0.3) is 0 Å². The van der Waals surface area contributed by atoms with Gasteiger partial charge in [0.05, 0.1) is 0 Å². The smallest absolute Gasteiger partial charge is 0.232 e. The number of hydrogen-bond donors (Lipinski definition) is 3. The van der Waals surface area contributed by atoms with Crippen LogP contribution in [0.4, 0.5) is 17.8 Å². The number of likely N-dealkylation sites (N-methyl/N-ethyl adjacent to an activating group) is 1. The largest absolute Gasteiger partial charge is 0.368 e. The molecule has 18 heavy (non-hydrogen) atoms. The lowest BCUT2D eigenvalue weighted by Crippen LogP contribution is -2.30. The molecule has 2 heterocycles. The molecule has 0 radical (unpaired) electrons. The number of nitrogens with one attached hydrogen (secondary N) is 2. The minimum Gasteiger partial charge on any atom is -0.368 e. The molecule has 1 aromatic rings. The van der Waals surface area contributed by atoms with Crippen LogP contribution in [-0.2, 0) is 0 Å². The Morgan fingerprint density at radius 1 is 1.17 bits per heavy atom. The molecular weight excluding hydrogens is 230 g/mol. The Kier molecular flexibility index (Phi) is 2.91. The first-order valence-corrected chi connectivity index (χ1v) is 6.45. The summed E-state index contributed by atoms with van der Waals surface area (Å²) >= 11 is 0. The summed E-state index contributed by atoms with van der Waals surface area (Å²) in [5, 5.41) is 6.54. The molecule has 1 aliphatic heterocycles. The number of anilines is 3. The summed E-state index contributed by atoms with van der Waals surface area (Å²) in [6, 6.07) is 1.02. The van der Waals surface area contributed by atoms with Crippen molar-refractivity contribution in [3.8, 4) is 0 Å². The molecule has 0 unspecified atom stereocenters. The van der Waals surface area contributed by atoms with Crippen LogP contribution in [0.3, 0.4) is 0 Å². The Bertz CT molecular complexity index is 431. The first-order valence-electron chi connectivity index (χ1n) is 6.45. The maximum atomic E-state index is 5.75. The van der Waals surface area contributed by atoms with Crippen LogP contribution in [0.15, 0.2) is 0 Å². The molecule has 1 atom stereocenters. The monoisotopic (exact) mass is 249 g/mol. The van der Waals surface area contributed by atoms with Crippen LogP contribution in [0.25, 0.3) is 0 Å². The van der Waals surface area contributed by atoms with E-state index >= 15 is 0 Å². The average Bonchev–Trinajstić information content (AvgIpc) is 3.03. The van der Waals surface area contributed by atoms with Crippen molar-refractivity contribution in [1.82, 2.24) is 20.3 Å². The Balaban J connectivity index is 1.76. The van der Waals surface area contributed by atoms with Crippen LogP contribution in [0.2, 0.25) is 0 Å². The molecule has 1 saturated heterocycles. The molecular formula is C11H19N7. The van der Waals surface area contributed by atoms with Crippen molar-refractivity contribution in [3.05, 3.63) is 0 Å². The van der Waals surface area contributed by atoms with Crippen molar-refractivity contribution < 1.29 is 0 Å². The van der Waals surface area contributed by atoms with Crippen molar-refractivity contribution in [2.24, 2.45) is 0 Å². The molecule has 3 rings (SSSR count). The van der Waals surface area contributed by atoms with E-state index in [1.54, 1.807) is 0 Å². The highest BCUT2D eigenvalue weighted by atomic mass is 15.3. The third-order valence-electron chi connectivity index (χ3n) is 3.43. The molecule has 0 aromatic carbocycles. The molecule has 0 spiro atoms. The van der Waals surface area contributed by atoms with E-state index in [0.29, 0.717) is 24.0 Å². The van der Waals surface area contributed by atoms with Gasteiger partial charge in [-0.25, -0.2) is 0 Å². The van der Waals surface area contributed by atoms with Crippen molar-refractivity contribution in [2.45, 2.75) is 31.3 Å². The molecule has 4 N–H and O–H groups in total. The summed E-state index contributed by atoms with van der Waals surface area (Å²) in [6.07, 6.45) is 3.48. The standard InChI is InChI=1S/C11H19N7/c1-13-8-4-5-18(6-8)11-16-9(12)15-10(17-11)14-7-2-3-7/h7-8,13H,2-6H2,1H3,(H3,12,14,15,16,17)/t8-/m1/s1. The van der Waals surface area contributed by atoms with Gasteiger partial charge in [-0.05, 0) is 26.3 Å². The zero-order valence-corrected chi connectivity index (χ0v) is 10.6. The van der Waals surface area contributed by atoms with Gasteiger partial charge in [0.2, 0.25) is 17.8 Å². The number of rotatable bonds is 4. The van der Waals surface area contributed by atoms with Gasteiger partial charge in [-0.15, -0.1) is 0 Å². The quantitative estimate of drug-likeness (QED) is 0.682. The third kappa shape index (κ3) is 2.45. The SMILES string of the molecule is CN[C@@H]1CCN(c2nc(N)nc(NC3CC3)n2)C1.